The van der Waals surface area contributed by atoms with Gasteiger partial charge in [0.2, 0.25) is 5.91 Å². The first kappa shape index (κ1) is 17.0. The Hall–Kier alpha value is -2.37. The minimum atomic E-state index is -0.190. The van der Waals surface area contributed by atoms with E-state index in [1.165, 1.54) is 0 Å². The molecular formula is C17H23N3O3. The number of carbonyl (C=O) groups excluding carboxylic acids is 2. The number of rotatable bonds is 7. The van der Waals surface area contributed by atoms with Crippen molar-refractivity contribution in [2.24, 2.45) is 5.16 Å². The number of carbonyl (C=O) groups is 2. The van der Waals surface area contributed by atoms with E-state index < -0.39 is 0 Å². The van der Waals surface area contributed by atoms with Gasteiger partial charge in [-0.05, 0) is 31.0 Å². The Morgan fingerprint density at radius 3 is 2.87 bits per heavy atom. The number of nitrogens with one attached hydrogen (secondary N) is 2. The Labute approximate surface area is 136 Å². The Morgan fingerprint density at radius 1 is 1.35 bits per heavy atom. The standard InChI is InChI=1S/C17H23N3O3/c1-3-6-16(21)19-14-8-5-7-12(9-14)17(22)18-11-15-10-13(4-2)20-23-15/h5,7-9,15H,3-4,6,10-11H2,1-2H3,(H,18,22)(H,19,21)/t15-/m1/s1. The van der Waals surface area contributed by atoms with Gasteiger partial charge in [0.05, 0.1) is 12.3 Å². The highest BCUT2D eigenvalue weighted by Gasteiger charge is 2.20. The van der Waals surface area contributed by atoms with Gasteiger partial charge in [-0.2, -0.15) is 0 Å². The predicted octanol–water partition coefficient (Wildman–Crippen LogP) is 2.71. The topological polar surface area (TPSA) is 79.8 Å². The summed E-state index contributed by atoms with van der Waals surface area (Å²) in [4.78, 5) is 29.1. The lowest BCUT2D eigenvalue weighted by atomic mass is 10.1. The Kier molecular flexibility index (Phi) is 6.14. The molecule has 0 unspecified atom stereocenters. The molecule has 124 valence electrons. The fraction of sp³-hybridized carbons (Fsp3) is 0.471. The summed E-state index contributed by atoms with van der Waals surface area (Å²) in [5, 5.41) is 9.60. The highest BCUT2D eigenvalue weighted by Crippen LogP contribution is 2.13. The molecule has 0 bridgehead atoms. The normalized spacial score (nSPS) is 16.4. The van der Waals surface area contributed by atoms with Crippen molar-refractivity contribution in [3.8, 4) is 0 Å². The first-order valence-electron chi connectivity index (χ1n) is 8.02. The summed E-state index contributed by atoms with van der Waals surface area (Å²) in [6.45, 7) is 4.39. The monoisotopic (exact) mass is 317 g/mol. The first-order chi connectivity index (χ1) is 11.1. The molecule has 23 heavy (non-hydrogen) atoms. The zero-order valence-electron chi connectivity index (χ0n) is 13.6. The SMILES string of the molecule is CCCC(=O)Nc1cccc(C(=O)NC[C@H]2CC(CC)=NO2)c1. The molecule has 6 nitrogen and oxygen atoms in total. The highest BCUT2D eigenvalue weighted by molar-refractivity contribution is 5.97. The van der Waals surface area contributed by atoms with Crippen LogP contribution in [0.4, 0.5) is 5.69 Å². The molecule has 1 aromatic rings. The van der Waals surface area contributed by atoms with Crippen molar-refractivity contribution in [3.05, 3.63) is 29.8 Å². The van der Waals surface area contributed by atoms with Crippen LogP contribution in [0.15, 0.2) is 29.4 Å². The molecule has 0 spiro atoms. The average molecular weight is 317 g/mol. The van der Waals surface area contributed by atoms with Crippen molar-refractivity contribution >= 4 is 23.2 Å². The van der Waals surface area contributed by atoms with E-state index in [0.717, 1.165) is 25.0 Å². The lowest BCUT2D eigenvalue weighted by Gasteiger charge is -2.11. The minimum absolute atomic E-state index is 0.0475. The predicted molar refractivity (Wildman–Crippen MR) is 89.5 cm³/mol. The molecule has 1 aliphatic heterocycles. The molecule has 0 saturated heterocycles. The first-order valence-corrected chi connectivity index (χ1v) is 8.02. The number of anilines is 1. The Morgan fingerprint density at radius 2 is 2.17 bits per heavy atom. The van der Waals surface area contributed by atoms with E-state index in [1.54, 1.807) is 24.3 Å². The van der Waals surface area contributed by atoms with Gasteiger partial charge in [-0.1, -0.05) is 25.1 Å². The summed E-state index contributed by atoms with van der Waals surface area (Å²) < 4.78 is 0. The van der Waals surface area contributed by atoms with Crippen LogP contribution < -0.4 is 10.6 Å². The summed E-state index contributed by atoms with van der Waals surface area (Å²) >= 11 is 0. The van der Waals surface area contributed by atoms with Crippen LogP contribution in [0.2, 0.25) is 0 Å². The van der Waals surface area contributed by atoms with Gasteiger partial charge in [0.15, 0.2) is 0 Å². The number of amides is 2. The van der Waals surface area contributed by atoms with Gasteiger partial charge in [0.25, 0.3) is 5.91 Å². The second-order valence-corrected chi connectivity index (χ2v) is 5.53. The van der Waals surface area contributed by atoms with E-state index >= 15 is 0 Å². The summed E-state index contributed by atoms with van der Waals surface area (Å²) in [6.07, 6.45) is 2.78. The molecule has 1 aliphatic rings. The minimum Gasteiger partial charge on any atom is -0.390 e. The second-order valence-electron chi connectivity index (χ2n) is 5.53. The van der Waals surface area contributed by atoms with Gasteiger partial charge in [-0.3, -0.25) is 9.59 Å². The van der Waals surface area contributed by atoms with E-state index in [2.05, 4.69) is 15.8 Å². The molecule has 0 aromatic heterocycles. The fourth-order valence-corrected chi connectivity index (χ4v) is 2.30. The number of nitrogens with zero attached hydrogens (tertiary/aromatic N) is 1. The lowest BCUT2D eigenvalue weighted by Crippen LogP contribution is -2.32. The van der Waals surface area contributed by atoms with Crippen molar-refractivity contribution < 1.29 is 14.4 Å². The van der Waals surface area contributed by atoms with Crippen LogP contribution in [-0.4, -0.2) is 30.2 Å². The van der Waals surface area contributed by atoms with Gasteiger partial charge >= 0.3 is 0 Å². The van der Waals surface area contributed by atoms with E-state index in [9.17, 15) is 9.59 Å². The second kappa shape index (κ2) is 8.31. The Balaban J connectivity index is 1.86. The maximum atomic E-state index is 12.2. The molecule has 0 radical (unpaired) electrons. The lowest BCUT2D eigenvalue weighted by molar-refractivity contribution is -0.116. The molecule has 2 N–H and O–H groups in total. The zero-order chi connectivity index (χ0) is 16.7. The number of benzene rings is 1. The van der Waals surface area contributed by atoms with E-state index in [-0.39, 0.29) is 17.9 Å². The van der Waals surface area contributed by atoms with Crippen molar-refractivity contribution in [1.29, 1.82) is 0 Å². The zero-order valence-corrected chi connectivity index (χ0v) is 13.6. The number of hydrogen-bond donors (Lipinski definition) is 2. The molecule has 1 aromatic carbocycles. The van der Waals surface area contributed by atoms with Crippen LogP contribution in [0, 0.1) is 0 Å². The third-order valence-corrected chi connectivity index (χ3v) is 3.58. The molecule has 2 amide bonds. The van der Waals surface area contributed by atoms with Gasteiger partial charge in [0, 0.05) is 24.1 Å². The molecule has 6 heteroatoms. The van der Waals surface area contributed by atoms with Crippen LogP contribution >= 0.6 is 0 Å². The number of oxime groups is 1. The summed E-state index contributed by atoms with van der Waals surface area (Å²) in [5.41, 5.74) is 2.16. The van der Waals surface area contributed by atoms with Crippen LogP contribution in [0.1, 0.15) is 49.9 Å². The highest BCUT2D eigenvalue weighted by atomic mass is 16.6. The van der Waals surface area contributed by atoms with Crippen molar-refractivity contribution in [2.75, 3.05) is 11.9 Å². The molecule has 0 aliphatic carbocycles. The summed E-state index contributed by atoms with van der Waals surface area (Å²) in [7, 11) is 0. The Bertz CT molecular complexity index is 599. The summed E-state index contributed by atoms with van der Waals surface area (Å²) in [5.74, 6) is -0.237. The average Bonchev–Trinajstić information content (AvgIpc) is 3.01. The fourth-order valence-electron chi connectivity index (χ4n) is 2.30. The maximum Gasteiger partial charge on any atom is 0.251 e. The van der Waals surface area contributed by atoms with Crippen LogP contribution in [0.3, 0.4) is 0 Å². The van der Waals surface area contributed by atoms with Crippen LogP contribution in [0.5, 0.6) is 0 Å². The third kappa shape index (κ3) is 5.09. The number of hydrogen-bond acceptors (Lipinski definition) is 4. The van der Waals surface area contributed by atoms with Gasteiger partial charge < -0.3 is 15.5 Å². The van der Waals surface area contributed by atoms with E-state index in [0.29, 0.717) is 24.2 Å². The maximum absolute atomic E-state index is 12.2. The van der Waals surface area contributed by atoms with Crippen LogP contribution in [-0.2, 0) is 9.63 Å². The quantitative estimate of drug-likeness (QED) is 0.811. The van der Waals surface area contributed by atoms with Gasteiger partial charge in [-0.15, -0.1) is 0 Å². The van der Waals surface area contributed by atoms with E-state index in [1.807, 2.05) is 13.8 Å². The van der Waals surface area contributed by atoms with Gasteiger partial charge in [-0.25, -0.2) is 0 Å². The largest absolute Gasteiger partial charge is 0.390 e. The van der Waals surface area contributed by atoms with Crippen LogP contribution in [0.25, 0.3) is 0 Å². The molecule has 0 saturated carbocycles. The van der Waals surface area contributed by atoms with Crippen molar-refractivity contribution in [3.63, 3.8) is 0 Å². The molecule has 1 atom stereocenters. The molecular weight excluding hydrogens is 294 g/mol. The molecule has 2 rings (SSSR count). The summed E-state index contributed by atoms with van der Waals surface area (Å²) in [6, 6.07) is 6.91. The van der Waals surface area contributed by atoms with E-state index in [4.69, 9.17) is 4.84 Å². The molecule has 1 heterocycles. The molecule has 0 fully saturated rings. The third-order valence-electron chi connectivity index (χ3n) is 3.58. The van der Waals surface area contributed by atoms with Crippen molar-refractivity contribution in [2.45, 2.75) is 45.6 Å². The van der Waals surface area contributed by atoms with Crippen molar-refractivity contribution in [1.82, 2.24) is 5.32 Å². The van der Waals surface area contributed by atoms with Gasteiger partial charge in [0.1, 0.15) is 6.10 Å². The smallest absolute Gasteiger partial charge is 0.251 e.